The molecule has 0 bridgehead atoms. The molecule has 0 atom stereocenters. The SMILES string of the molecule is CN(C)C(=O)Nc1cccc(CC(=O)NCCCl)c1. The number of carbonyl (C=O) groups is 2. The Kier molecular flexibility index (Phi) is 6.15. The van der Waals surface area contributed by atoms with Gasteiger partial charge >= 0.3 is 6.03 Å². The minimum Gasteiger partial charge on any atom is -0.355 e. The van der Waals surface area contributed by atoms with E-state index in [0.29, 0.717) is 18.1 Å². The van der Waals surface area contributed by atoms with Crippen molar-refractivity contribution in [3.63, 3.8) is 0 Å². The van der Waals surface area contributed by atoms with Gasteiger partial charge in [-0.3, -0.25) is 4.79 Å². The van der Waals surface area contributed by atoms with E-state index in [1.165, 1.54) is 4.90 Å². The van der Waals surface area contributed by atoms with Crippen molar-refractivity contribution < 1.29 is 9.59 Å². The monoisotopic (exact) mass is 283 g/mol. The lowest BCUT2D eigenvalue weighted by Gasteiger charge is -2.12. The van der Waals surface area contributed by atoms with Crippen LogP contribution in [0.3, 0.4) is 0 Å². The zero-order valence-electron chi connectivity index (χ0n) is 11.1. The summed E-state index contributed by atoms with van der Waals surface area (Å²) in [5, 5.41) is 5.43. The zero-order valence-corrected chi connectivity index (χ0v) is 11.8. The minimum absolute atomic E-state index is 0.0864. The van der Waals surface area contributed by atoms with Crippen LogP contribution in [0.15, 0.2) is 24.3 Å². The largest absolute Gasteiger partial charge is 0.355 e. The van der Waals surface area contributed by atoms with Gasteiger partial charge in [-0.05, 0) is 17.7 Å². The van der Waals surface area contributed by atoms with Crippen LogP contribution in [0.4, 0.5) is 10.5 Å². The molecule has 0 radical (unpaired) electrons. The standard InChI is InChI=1S/C13H18ClN3O2/c1-17(2)13(19)16-11-5-3-4-10(8-11)9-12(18)15-7-6-14/h3-5,8H,6-7,9H2,1-2H3,(H,15,18)(H,16,19). The van der Waals surface area contributed by atoms with Crippen molar-refractivity contribution in [3.8, 4) is 0 Å². The third kappa shape index (κ3) is 5.61. The number of carbonyl (C=O) groups excluding carboxylic acids is 2. The molecule has 0 fully saturated rings. The number of amides is 3. The van der Waals surface area contributed by atoms with Crippen LogP contribution in [0.2, 0.25) is 0 Å². The molecule has 0 aromatic heterocycles. The van der Waals surface area contributed by atoms with E-state index in [0.717, 1.165) is 5.56 Å². The van der Waals surface area contributed by atoms with E-state index in [1.807, 2.05) is 6.07 Å². The van der Waals surface area contributed by atoms with Crippen molar-refractivity contribution in [1.29, 1.82) is 0 Å². The summed E-state index contributed by atoms with van der Waals surface area (Å²) in [5.41, 5.74) is 1.50. The first-order valence-electron chi connectivity index (χ1n) is 5.93. The number of rotatable bonds is 5. The summed E-state index contributed by atoms with van der Waals surface area (Å²) in [7, 11) is 3.33. The Morgan fingerprint density at radius 2 is 2.05 bits per heavy atom. The fourth-order valence-electron chi connectivity index (χ4n) is 1.43. The minimum atomic E-state index is -0.205. The molecule has 2 N–H and O–H groups in total. The van der Waals surface area contributed by atoms with Gasteiger partial charge in [0.15, 0.2) is 0 Å². The Balaban J connectivity index is 2.61. The molecule has 1 rings (SSSR count). The topological polar surface area (TPSA) is 61.4 Å². The molecule has 0 saturated heterocycles. The Morgan fingerprint density at radius 3 is 2.68 bits per heavy atom. The van der Waals surface area contributed by atoms with E-state index < -0.39 is 0 Å². The lowest BCUT2D eigenvalue weighted by atomic mass is 10.1. The quantitative estimate of drug-likeness (QED) is 0.808. The average Bonchev–Trinajstić information content (AvgIpc) is 2.36. The smallest absolute Gasteiger partial charge is 0.321 e. The summed E-state index contributed by atoms with van der Waals surface area (Å²) >= 11 is 5.49. The molecule has 19 heavy (non-hydrogen) atoms. The zero-order chi connectivity index (χ0) is 14.3. The van der Waals surface area contributed by atoms with Gasteiger partial charge < -0.3 is 15.5 Å². The second kappa shape index (κ2) is 7.63. The fourth-order valence-corrected chi connectivity index (χ4v) is 1.52. The van der Waals surface area contributed by atoms with E-state index in [2.05, 4.69) is 10.6 Å². The summed E-state index contributed by atoms with van der Waals surface area (Å²) in [5.74, 6) is 0.307. The van der Waals surface area contributed by atoms with Crippen LogP contribution in [0.25, 0.3) is 0 Å². The number of hydrogen-bond acceptors (Lipinski definition) is 2. The third-order valence-corrected chi connectivity index (χ3v) is 2.55. The second-order valence-corrected chi connectivity index (χ2v) is 4.62. The summed E-state index contributed by atoms with van der Waals surface area (Å²) in [4.78, 5) is 24.5. The van der Waals surface area contributed by atoms with Gasteiger partial charge in [0.1, 0.15) is 0 Å². The van der Waals surface area contributed by atoms with Gasteiger partial charge in [-0.25, -0.2) is 4.79 Å². The second-order valence-electron chi connectivity index (χ2n) is 4.24. The highest BCUT2D eigenvalue weighted by atomic mass is 35.5. The highest BCUT2D eigenvalue weighted by molar-refractivity contribution is 6.18. The molecule has 104 valence electrons. The first kappa shape index (κ1) is 15.3. The molecule has 0 saturated carbocycles. The molecular formula is C13H18ClN3O2. The van der Waals surface area contributed by atoms with Crippen LogP contribution in [0, 0.1) is 0 Å². The predicted octanol–water partition coefficient (Wildman–Crippen LogP) is 1.68. The van der Waals surface area contributed by atoms with Gasteiger partial charge in [0, 0.05) is 32.2 Å². The molecular weight excluding hydrogens is 266 g/mol. The summed E-state index contributed by atoms with van der Waals surface area (Å²) in [6, 6.07) is 6.99. The van der Waals surface area contributed by atoms with E-state index in [-0.39, 0.29) is 18.4 Å². The van der Waals surface area contributed by atoms with Gasteiger partial charge in [0.05, 0.1) is 6.42 Å². The average molecular weight is 284 g/mol. The Hall–Kier alpha value is -1.75. The maximum atomic E-state index is 11.5. The van der Waals surface area contributed by atoms with E-state index in [9.17, 15) is 9.59 Å². The van der Waals surface area contributed by atoms with Crippen molar-refractivity contribution in [2.45, 2.75) is 6.42 Å². The summed E-state index contributed by atoms with van der Waals surface area (Å²) in [6.45, 7) is 0.456. The van der Waals surface area contributed by atoms with Crippen LogP contribution < -0.4 is 10.6 Å². The van der Waals surface area contributed by atoms with E-state index in [1.54, 1.807) is 32.3 Å². The Bertz CT molecular complexity index is 449. The number of nitrogens with zero attached hydrogens (tertiary/aromatic N) is 1. The normalized spacial score (nSPS) is 9.84. The molecule has 0 unspecified atom stereocenters. The summed E-state index contributed by atoms with van der Waals surface area (Å²) < 4.78 is 0. The molecule has 5 nitrogen and oxygen atoms in total. The van der Waals surface area contributed by atoms with Crippen molar-refractivity contribution in [1.82, 2.24) is 10.2 Å². The van der Waals surface area contributed by atoms with Crippen molar-refractivity contribution in [2.75, 3.05) is 31.8 Å². The maximum absolute atomic E-state index is 11.5. The third-order valence-electron chi connectivity index (χ3n) is 2.37. The van der Waals surface area contributed by atoms with Crippen molar-refractivity contribution in [2.24, 2.45) is 0 Å². The number of alkyl halides is 1. The molecule has 1 aromatic carbocycles. The van der Waals surface area contributed by atoms with Crippen molar-refractivity contribution >= 4 is 29.2 Å². The van der Waals surface area contributed by atoms with E-state index in [4.69, 9.17) is 11.6 Å². The first-order valence-corrected chi connectivity index (χ1v) is 6.46. The Labute approximate surface area is 117 Å². The van der Waals surface area contributed by atoms with Gasteiger partial charge in [-0.15, -0.1) is 11.6 Å². The Morgan fingerprint density at radius 1 is 1.32 bits per heavy atom. The van der Waals surface area contributed by atoms with Crippen LogP contribution in [0.5, 0.6) is 0 Å². The van der Waals surface area contributed by atoms with Gasteiger partial charge in [-0.2, -0.15) is 0 Å². The van der Waals surface area contributed by atoms with Crippen LogP contribution >= 0.6 is 11.6 Å². The maximum Gasteiger partial charge on any atom is 0.321 e. The molecule has 3 amide bonds. The fraction of sp³-hybridized carbons (Fsp3) is 0.385. The van der Waals surface area contributed by atoms with Crippen LogP contribution in [-0.4, -0.2) is 43.4 Å². The molecule has 0 spiro atoms. The highest BCUT2D eigenvalue weighted by Gasteiger charge is 2.06. The lowest BCUT2D eigenvalue weighted by Crippen LogP contribution is -2.28. The van der Waals surface area contributed by atoms with E-state index >= 15 is 0 Å². The number of anilines is 1. The number of halogens is 1. The van der Waals surface area contributed by atoms with Crippen molar-refractivity contribution in [3.05, 3.63) is 29.8 Å². The van der Waals surface area contributed by atoms with Gasteiger partial charge in [0.25, 0.3) is 0 Å². The molecule has 1 aromatic rings. The van der Waals surface area contributed by atoms with Crippen LogP contribution in [0.1, 0.15) is 5.56 Å². The molecule has 0 aliphatic carbocycles. The highest BCUT2D eigenvalue weighted by Crippen LogP contribution is 2.11. The predicted molar refractivity (Wildman–Crippen MR) is 76.6 cm³/mol. The van der Waals surface area contributed by atoms with Gasteiger partial charge in [0.2, 0.25) is 5.91 Å². The first-order chi connectivity index (χ1) is 9.02. The van der Waals surface area contributed by atoms with Crippen LogP contribution in [-0.2, 0) is 11.2 Å². The summed E-state index contributed by atoms with van der Waals surface area (Å²) in [6.07, 6.45) is 0.266. The number of hydrogen-bond donors (Lipinski definition) is 2. The molecule has 0 heterocycles. The van der Waals surface area contributed by atoms with Gasteiger partial charge in [-0.1, -0.05) is 12.1 Å². The molecule has 6 heteroatoms. The number of urea groups is 1. The number of nitrogens with one attached hydrogen (secondary N) is 2. The molecule has 0 aliphatic heterocycles. The number of benzene rings is 1. The molecule has 0 aliphatic rings. The lowest BCUT2D eigenvalue weighted by molar-refractivity contribution is -0.120.